The van der Waals surface area contributed by atoms with Crippen molar-refractivity contribution in [1.29, 1.82) is 0 Å². The highest BCUT2D eigenvalue weighted by Crippen LogP contribution is 2.01. The summed E-state index contributed by atoms with van der Waals surface area (Å²) in [6.07, 6.45) is 3.58. The van der Waals surface area contributed by atoms with Crippen molar-refractivity contribution in [2.24, 2.45) is 7.05 Å². The number of hydrogen-bond donors (Lipinski definition) is 1. The lowest BCUT2D eigenvalue weighted by Gasteiger charge is -1.94. The Hall–Kier alpha value is -1.71. The van der Waals surface area contributed by atoms with Crippen LogP contribution in [0, 0.1) is 0 Å². The lowest BCUT2D eigenvalue weighted by atomic mass is 10.1. The number of nitrogens with zero attached hydrogens (tertiary/aromatic N) is 1. The molecule has 4 nitrogen and oxygen atoms in total. The van der Waals surface area contributed by atoms with E-state index in [0.717, 1.165) is 0 Å². The van der Waals surface area contributed by atoms with Gasteiger partial charge >= 0.3 is 5.97 Å². The molecule has 1 rings (SSSR count). The zero-order valence-corrected chi connectivity index (χ0v) is 6.52. The summed E-state index contributed by atoms with van der Waals surface area (Å²) in [6.45, 7) is 0. The summed E-state index contributed by atoms with van der Waals surface area (Å²) in [5.41, 5.74) is 0.218. The number of aldehydes is 1. The van der Waals surface area contributed by atoms with Crippen molar-refractivity contribution in [3.05, 3.63) is 29.6 Å². The number of pyridine rings is 1. The molecule has 1 aromatic rings. The van der Waals surface area contributed by atoms with Gasteiger partial charge in [-0.15, -0.1) is 0 Å². The third-order valence-corrected chi connectivity index (χ3v) is 1.49. The predicted molar refractivity (Wildman–Crippen MR) is 40.0 cm³/mol. The van der Waals surface area contributed by atoms with E-state index in [2.05, 4.69) is 0 Å². The van der Waals surface area contributed by atoms with Gasteiger partial charge in [-0.1, -0.05) is 0 Å². The van der Waals surface area contributed by atoms with Crippen molar-refractivity contribution >= 4 is 12.3 Å². The molecule has 0 radical (unpaired) electrons. The van der Waals surface area contributed by atoms with E-state index >= 15 is 0 Å². The Morgan fingerprint density at radius 3 is 2.83 bits per heavy atom. The number of carboxylic acids is 1. The molecule has 0 amide bonds. The minimum Gasteiger partial charge on any atom is -0.478 e. The zero-order chi connectivity index (χ0) is 9.14. The molecule has 0 fully saturated rings. The first kappa shape index (κ1) is 8.39. The second kappa shape index (κ2) is 3.13. The molecule has 0 atom stereocenters. The van der Waals surface area contributed by atoms with Crippen LogP contribution < -0.4 is 4.57 Å². The molecule has 0 bridgehead atoms. The van der Waals surface area contributed by atoms with Crippen LogP contribution in [0.2, 0.25) is 0 Å². The van der Waals surface area contributed by atoms with Gasteiger partial charge in [-0.3, -0.25) is 4.79 Å². The van der Waals surface area contributed by atoms with Crippen molar-refractivity contribution < 1.29 is 19.3 Å². The molecule has 4 heteroatoms. The van der Waals surface area contributed by atoms with Gasteiger partial charge in [0.25, 0.3) is 0 Å². The zero-order valence-electron chi connectivity index (χ0n) is 6.52. The lowest BCUT2D eigenvalue weighted by Crippen LogP contribution is -2.28. The summed E-state index contributed by atoms with van der Waals surface area (Å²) in [5.74, 6) is -1.09. The van der Waals surface area contributed by atoms with E-state index in [4.69, 9.17) is 5.11 Å². The molecular weight excluding hydrogens is 158 g/mol. The maximum absolute atomic E-state index is 10.5. The second-order valence-corrected chi connectivity index (χ2v) is 2.40. The molecule has 62 valence electrons. The van der Waals surface area contributed by atoms with Crippen LogP contribution in [-0.2, 0) is 7.05 Å². The Bertz CT molecular complexity index is 333. The Balaban J connectivity index is 3.29. The highest BCUT2D eigenvalue weighted by Gasteiger charge is 2.11. The molecule has 1 heterocycles. The largest absolute Gasteiger partial charge is 0.478 e. The van der Waals surface area contributed by atoms with Crippen LogP contribution >= 0.6 is 0 Å². The standard InChI is InChI=1S/C8H7NO3/c1-9-3-2-7(8(11)12)6(4-9)5-10/h2-5H,1H3/p+1. The molecule has 0 aliphatic heterocycles. The minimum absolute atomic E-state index is 0.0306. The molecule has 0 unspecified atom stereocenters. The summed E-state index contributed by atoms with van der Waals surface area (Å²) >= 11 is 0. The maximum atomic E-state index is 10.5. The van der Waals surface area contributed by atoms with E-state index in [9.17, 15) is 9.59 Å². The maximum Gasteiger partial charge on any atom is 0.336 e. The molecule has 12 heavy (non-hydrogen) atoms. The SMILES string of the molecule is C[n+]1ccc(C(=O)O)c(C=O)c1. The van der Waals surface area contributed by atoms with E-state index < -0.39 is 5.97 Å². The van der Waals surface area contributed by atoms with Crippen molar-refractivity contribution in [2.45, 2.75) is 0 Å². The molecule has 0 spiro atoms. The summed E-state index contributed by atoms with van der Waals surface area (Å²) in [6, 6.07) is 1.39. The molecule has 0 aliphatic carbocycles. The van der Waals surface area contributed by atoms with Gasteiger partial charge in [0.1, 0.15) is 7.05 Å². The van der Waals surface area contributed by atoms with Crippen LogP contribution in [0.25, 0.3) is 0 Å². The van der Waals surface area contributed by atoms with Gasteiger partial charge in [0, 0.05) is 6.07 Å². The summed E-state index contributed by atoms with van der Waals surface area (Å²) in [5, 5.41) is 8.62. The first-order valence-electron chi connectivity index (χ1n) is 3.33. The van der Waals surface area contributed by atoms with Gasteiger partial charge in [0.2, 0.25) is 0 Å². The summed E-state index contributed by atoms with van der Waals surface area (Å²) < 4.78 is 1.62. The number of carboxylic acid groups (broad SMARTS) is 1. The first-order valence-corrected chi connectivity index (χ1v) is 3.33. The smallest absolute Gasteiger partial charge is 0.336 e. The van der Waals surface area contributed by atoms with E-state index in [1.54, 1.807) is 17.8 Å². The average Bonchev–Trinajstić information content (AvgIpc) is 2.03. The van der Waals surface area contributed by atoms with E-state index in [0.29, 0.717) is 6.29 Å². The second-order valence-electron chi connectivity index (χ2n) is 2.40. The Morgan fingerprint density at radius 1 is 1.67 bits per heavy atom. The first-order chi connectivity index (χ1) is 5.65. The average molecular weight is 166 g/mol. The van der Waals surface area contributed by atoms with Crippen molar-refractivity contribution in [1.82, 2.24) is 0 Å². The van der Waals surface area contributed by atoms with Gasteiger partial charge < -0.3 is 5.11 Å². The molecule has 0 saturated heterocycles. The number of hydrogen-bond acceptors (Lipinski definition) is 2. The van der Waals surface area contributed by atoms with Crippen molar-refractivity contribution in [3.63, 3.8) is 0 Å². The highest BCUT2D eigenvalue weighted by atomic mass is 16.4. The fraction of sp³-hybridized carbons (Fsp3) is 0.125. The summed E-state index contributed by atoms with van der Waals surface area (Å²) in [7, 11) is 1.72. The van der Waals surface area contributed by atoms with Gasteiger partial charge in [-0.05, 0) is 0 Å². The lowest BCUT2D eigenvalue weighted by molar-refractivity contribution is -0.671. The summed E-state index contributed by atoms with van der Waals surface area (Å²) in [4.78, 5) is 20.9. The van der Waals surface area contributed by atoms with Gasteiger partial charge in [-0.25, -0.2) is 9.36 Å². The number of aromatic nitrogens is 1. The number of carbonyl (C=O) groups is 2. The van der Waals surface area contributed by atoms with Crippen molar-refractivity contribution in [2.75, 3.05) is 0 Å². The quantitative estimate of drug-likeness (QED) is 0.497. The van der Waals surface area contributed by atoms with Crippen LogP contribution in [0.15, 0.2) is 18.5 Å². The normalized spacial score (nSPS) is 9.42. The third-order valence-electron chi connectivity index (χ3n) is 1.49. The topological polar surface area (TPSA) is 58.2 Å². The molecule has 1 N–H and O–H groups in total. The monoisotopic (exact) mass is 166 g/mol. The molecular formula is C8H8NO3+. The Kier molecular flexibility index (Phi) is 2.19. The van der Waals surface area contributed by atoms with E-state index in [-0.39, 0.29) is 11.1 Å². The van der Waals surface area contributed by atoms with Crippen LogP contribution in [0.4, 0.5) is 0 Å². The fourth-order valence-corrected chi connectivity index (χ4v) is 0.909. The molecule has 0 aliphatic rings. The Morgan fingerprint density at radius 2 is 2.33 bits per heavy atom. The fourth-order valence-electron chi connectivity index (χ4n) is 0.909. The number of aryl methyl sites for hydroxylation is 1. The van der Waals surface area contributed by atoms with Crippen LogP contribution in [0.5, 0.6) is 0 Å². The Labute approximate surface area is 69.1 Å². The number of carbonyl (C=O) groups excluding carboxylic acids is 1. The van der Waals surface area contributed by atoms with Crippen LogP contribution in [-0.4, -0.2) is 17.4 Å². The van der Waals surface area contributed by atoms with Crippen LogP contribution in [0.1, 0.15) is 20.7 Å². The number of aromatic carboxylic acids is 1. The molecule has 0 saturated carbocycles. The van der Waals surface area contributed by atoms with E-state index in [1.165, 1.54) is 12.3 Å². The van der Waals surface area contributed by atoms with Gasteiger partial charge in [-0.2, -0.15) is 0 Å². The predicted octanol–water partition coefficient (Wildman–Crippen LogP) is 0.0218. The molecule has 1 aromatic heterocycles. The van der Waals surface area contributed by atoms with Crippen molar-refractivity contribution in [3.8, 4) is 0 Å². The number of rotatable bonds is 2. The van der Waals surface area contributed by atoms with Gasteiger partial charge in [0.15, 0.2) is 18.7 Å². The van der Waals surface area contributed by atoms with Gasteiger partial charge in [0.05, 0.1) is 11.1 Å². The van der Waals surface area contributed by atoms with Crippen LogP contribution in [0.3, 0.4) is 0 Å². The highest BCUT2D eigenvalue weighted by molar-refractivity contribution is 5.96. The molecule has 0 aromatic carbocycles. The minimum atomic E-state index is -1.09. The van der Waals surface area contributed by atoms with E-state index in [1.807, 2.05) is 0 Å². The third kappa shape index (κ3) is 1.47.